The average molecular weight is 507 g/mol. The molecule has 3 aromatic rings. The Hall–Kier alpha value is -4.46. The smallest absolute Gasteiger partial charge is 0.348 e. The summed E-state index contributed by atoms with van der Waals surface area (Å²) >= 11 is 0. The lowest BCUT2D eigenvalue weighted by Crippen LogP contribution is -2.33. The van der Waals surface area contributed by atoms with Gasteiger partial charge in [0.1, 0.15) is 11.7 Å². The van der Waals surface area contributed by atoms with Crippen molar-refractivity contribution in [3.05, 3.63) is 49.2 Å². The van der Waals surface area contributed by atoms with Crippen LogP contribution in [0.15, 0.2) is 54.3 Å². The standard InChI is InChI=1S/C20H26N10O4.ClH/c1-25(8-6-17(22)24-34)18(31)28-9-4-14(12-28)26(2)19(32)29-10-5-15(13-29)27(3)20(33)30-11-7-16(21)23-30;/h4-5,7,9-13,34H,6,8H2,1-3H3,(H2,21,23)(H2,22,24);1H. The van der Waals surface area contributed by atoms with Crippen molar-refractivity contribution in [3.8, 4) is 0 Å². The zero-order valence-electron chi connectivity index (χ0n) is 19.3. The Labute approximate surface area is 207 Å². The molecule has 0 aromatic carbocycles. The van der Waals surface area contributed by atoms with Gasteiger partial charge in [0.2, 0.25) is 0 Å². The van der Waals surface area contributed by atoms with Crippen molar-refractivity contribution in [2.45, 2.75) is 6.42 Å². The van der Waals surface area contributed by atoms with Gasteiger partial charge in [-0.1, -0.05) is 5.16 Å². The van der Waals surface area contributed by atoms with Crippen molar-refractivity contribution in [1.29, 1.82) is 0 Å². The molecule has 35 heavy (non-hydrogen) atoms. The van der Waals surface area contributed by atoms with Crippen LogP contribution in [0.25, 0.3) is 0 Å². The number of oxime groups is 1. The molecular formula is C20H27ClN10O4. The van der Waals surface area contributed by atoms with Crippen LogP contribution in [-0.4, -0.2) is 80.6 Å². The van der Waals surface area contributed by atoms with Gasteiger partial charge in [0.05, 0.1) is 11.4 Å². The molecule has 0 spiro atoms. The Morgan fingerprint density at radius 2 is 1.49 bits per heavy atom. The molecular weight excluding hydrogens is 480 g/mol. The van der Waals surface area contributed by atoms with E-state index in [2.05, 4.69) is 10.3 Å². The second-order valence-corrected chi connectivity index (χ2v) is 7.47. The fourth-order valence-corrected chi connectivity index (χ4v) is 3.02. The second-order valence-electron chi connectivity index (χ2n) is 7.47. The van der Waals surface area contributed by atoms with E-state index in [0.717, 1.165) is 4.68 Å². The molecule has 0 saturated carbocycles. The van der Waals surface area contributed by atoms with E-state index in [1.165, 1.54) is 60.9 Å². The van der Waals surface area contributed by atoms with E-state index in [4.69, 9.17) is 16.7 Å². The Morgan fingerprint density at radius 1 is 0.943 bits per heavy atom. The van der Waals surface area contributed by atoms with Crippen molar-refractivity contribution in [2.24, 2.45) is 10.9 Å². The number of nitrogens with two attached hydrogens (primary N) is 2. The molecule has 3 aromatic heterocycles. The predicted molar refractivity (Wildman–Crippen MR) is 133 cm³/mol. The van der Waals surface area contributed by atoms with Crippen LogP contribution in [0.5, 0.6) is 0 Å². The van der Waals surface area contributed by atoms with Crippen LogP contribution >= 0.6 is 12.4 Å². The molecule has 14 nitrogen and oxygen atoms in total. The van der Waals surface area contributed by atoms with E-state index in [9.17, 15) is 14.4 Å². The fourth-order valence-electron chi connectivity index (χ4n) is 3.02. The summed E-state index contributed by atoms with van der Waals surface area (Å²) in [5, 5.41) is 15.4. The molecule has 0 unspecified atom stereocenters. The van der Waals surface area contributed by atoms with Crippen molar-refractivity contribution in [1.82, 2.24) is 23.8 Å². The van der Waals surface area contributed by atoms with Gasteiger partial charge in [-0.15, -0.1) is 17.5 Å². The Morgan fingerprint density at radius 3 is 2.00 bits per heavy atom. The molecule has 15 heteroatoms. The maximum atomic E-state index is 12.9. The number of aromatic nitrogens is 4. The maximum Gasteiger partial charge on any atom is 0.348 e. The van der Waals surface area contributed by atoms with Gasteiger partial charge in [-0.05, 0) is 12.1 Å². The van der Waals surface area contributed by atoms with Crippen LogP contribution in [0, 0.1) is 0 Å². The summed E-state index contributed by atoms with van der Waals surface area (Å²) in [7, 11) is 4.70. The normalized spacial score (nSPS) is 11.0. The fraction of sp³-hybridized carbons (Fsp3) is 0.250. The van der Waals surface area contributed by atoms with Gasteiger partial charge in [-0.2, -0.15) is 4.68 Å². The van der Waals surface area contributed by atoms with Crippen LogP contribution in [0.1, 0.15) is 6.42 Å². The quantitative estimate of drug-likeness (QED) is 0.204. The third-order valence-corrected chi connectivity index (χ3v) is 5.11. The summed E-state index contributed by atoms with van der Waals surface area (Å²) < 4.78 is 3.75. The number of hydrogen-bond acceptors (Lipinski definition) is 7. The minimum absolute atomic E-state index is 0. The topological polar surface area (TPSA) is 173 Å². The summed E-state index contributed by atoms with van der Waals surface area (Å²) in [5.41, 5.74) is 11.9. The molecule has 3 rings (SSSR count). The first-order valence-corrected chi connectivity index (χ1v) is 10.1. The number of anilines is 3. The maximum absolute atomic E-state index is 12.9. The molecule has 0 atom stereocenters. The summed E-state index contributed by atoms with van der Waals surface area (Å²) in [6.07, 6.45) is 7.74. The van der Waals surface area contributed by atoms with Crippen molar-refractivity contribution >= 4 is 53.5 Å². The molecule has 0 saturated heterocycles. The third-order valence-electron chi connectivity index (χ3n) is 5.11. The molecule has 0 aliphatic rings. The lowest BCUT2D eigenvalue weighted by atomic mass is 10.4. The van der Waals surface area contributed by atoms with Crippen LogP contribution in [0.3, 0.4) is 0 Å². The number of nitrogens with zero attached hydrogens (tertiary/aromatic N) is 8. The molecule has 3 heterocycles. The van der Waals surface area contributed by atoms with Gasteiger partial charge in [0.15, 0.2) is 0 Å². The van der Waals surface area contributed by atoms with E-state index in [0.29, 0.717) is 11.4 Å². The highest BCUT2D eigenvalue weighted by atomic mass is 35.5. The minimum atomic E-state index is -0.443. The van der Waals surface area contributed by atoms with Gasteiger partial charge < -0.3 is 21.6 Å². The van der Waals surface area contributed by atoms with Crippen molar-refractivity contribution in [3.63, 3.8) is 0 Å². The number of carbonyl (C=O) groups excluding carboxylic acids is 3. The molecule has 0 fully saturated rings. The predicted octanol–water partition coefficient (Wildman–Crippen LogP) is 1.74. The monoisotopic (exact) mass is 506 g/mol. The summed E-state index contributed by atoms with van der Waals surface area (Å²) in [5.74, 6) is 0.237. The van der Waals surface area contributed by atoms with Crippen molar-refractivity contribution in [2.75, 3.05) is 43.2 Å². The first-order valence-electron chi connectivity index (χ1n) is 10.1. The lowest BCUT2D eigenvalue weighted by molar-refractivity contribution is 0.211. The highest BCUT2D eigenvalue weighted by Gasteiger charge is 2.20. The molecule has 0 aliphatic heterocycles. The minimum Gasteiger partial charge on any atom is -0.409 e. The van der Waals surface area contributed by atoms with E-state index in [1.54, 1.807) is 33.3 Å². The molecule has 3 amide bonds. The summed E-state index contributed by atoms with van der Waals surface area (Å²) in [6.45, 7) is 0.251. The number of nitrogen functional groups attached to an aromatic ring is 1. The first kappa shape index (κ1) is 26.8. The highest BCUT2D eigenvalue weighted by Crippen LogP contribution is 2.19. The van der Waals surface area contributed by atoms with Gasteiger partial charge in [-0.25, -0.2) is 14.4 Å². The number of halogens is 1. The molecule has 0 bridgehead atoms. The second kappa shape index (κ2) is 11.1. The lowest BCUT2D eigenvalue weighted by Gasteiger charge is -2.18. The molecule has 188 valence electrons. The van der Waals surface area contributed by atoms with Crippen molar-refractivity contribution < 1.29 is 19.6 Å². The van der Waals surface area contributed by atoms with Gasteiger partial charge >= 0.3 is 18.1 Å². The summed E-state index contributed by atoms with van der Waals surface area (Å²) in [6, 6.07) is 3.54. The number of carbonyl (C=O) groups is 3. The first-order chi connectivity index (χ1) is 16.1. The number of rotatable bonds is 5. The third kappa shape index (κ3) is 5.92. The highest BCUT2D eigenvalue weighted by molar-refractivity contribution is 5.96. The van der Waals surface area contributed by atoms with Crippen LogP contribution in [0.4, 0.5) is 31.6 Å². The van der Waals surface area contributed by atoms with E-state index in [1.807, 2.05) is 0 Å². The number of amidine groups is 1. The van der Waals surface area contributed by atoms with Gasteiger partial charge in [0, 0.05) is 71.2 Å². The molecule has 0 aliphatic carbocycles. The van der Waals surface area contributed by atoms with Crippen LogP contribution in [0.2, 0.25) is 0 Å². The Bertz CT molecular complexity index is 1230. The number of hydrogen-bond donors (Lipinski definition) is 3. The molecule has 0 radical (unpaired) electrons. The Balaban J connectivity index is 0.00000432. The van der Waals surface area contributed by atoms with E-state index < -0.39 is 12.1 Å². The van der Waals surface area contributed by atoms with Gasteiger partial charge in [0.25, 0.3) is 0 Å². The van der Waals surface area contributed by atoms with Gasteiger partial charge in [-0.3, -0.25) is 18.9 Å². The average Bonchev–Trinajstić information content (AvgIpc) is 3.60. The Kier molecular flexibility index (Phi) is 8.50. The number of amides is 3. The van der Waals surface area contributed by atoms with Crippen LogP contribution in [-0.2, 0) is 0 Å². The summed E-state index contributed by atoms with van der Waals surface area (Å²) in [4.78, 5) is 42.1. The van der Waals surface area contributed by atoms with E-state index in [-0.39, 0.29) is 43.1 Å². The zero-order chi connectivity index (χ0) is 25.0. The SMILES string of the molecule is CN(CCC(N)=NO)C(=O)n1ccc(N(C)C(=O)n2ccc(N(C)C(=O)n3ccc(N)n3)c2)c1.Cl. The van der Waals surface area contributed by atoms with E-state index >= 15 is 0 Å². The zero-order valence-corrected chi connectivity index (χ0v) is 20.2. The van der Waals surface area contributed by atoms with Crippen LogP contribution < -0.4 is 21.3 Å². The largest absolute Gasteiger partial charge is 0.409 e. The molecule has 5 N–H and O–H groups in total.